The first-order chi connectivity index (χ1) is 20.5. The maximum Gasteiger partial charge on any atom is 0.305 e. The number of hydrogen-bond donors (Lipinski definition) is 3. The Morgan fingerprint density at radius 1 is 0.860 bits per heavy atom. The molecule has 8 nitrogen and oxygen atoms in total. The van der Waals surface area contributed by atoms with Gasteiger partial charge in [-0.25, -0.2) is 8.78 Å². The zero-order valence-corrected chi connectivity index (χ0v) is 25.2. The minimum atomic E-state index is -1.57. The van der Waals surface area contributed by atoms with E-state index in [1.54, 1.807) is 0 Å². The first-order valence-electron chi connectivity index (χ1n) is 15.6. The van der Waals surface area contributed by atoms with Gasteiger partial charge in [0.05, 0.1) is 6.42 Å². The molecule has 0 bridgehead atoms. The van der Waals surface area contributed by atoms with Crippen LogP contribution < -0.4 is 15.4 Å². The molecule has 3 rings (SSSR count). The van der Waals surface area contributed by atoms with Gasteiger partial charge in [0.25, 0.3) is 0 Å². The fourth-order valence-corrected chi connectivity index (χ4v) is 6.43. The van der Waals surface area contributed by atoms with Gasteiger partial charge in [-0.1, -0.05) is 70.6 Å². The van der Waals surface area contributed by atoms with Crippen molar-refractivity contribution in [3.05, 3.63) is 29.1 Å². The predicted octanol–water partition coefficient (Wildman–Crippen LogP) is 5.77. The van der Waals surface area contributed by atoms with Crippen LogP contribution in [0.3, 0.4) is 0 Å². The molecule has 2 atom stereocenters. The van der Waals surface area contributed by atoms with E-state index < -0.39 is 66.0 Å². The molecule has 1 aromatic rings. The Morgan fingerprint density at radius 3 is 2.00 bits per heavy atom. The summed E-state index contributed by atoms with van der Waals surface area (Å²) >= 11 is 0. The van der Waals surface area contributed by atoms with Crippen LogP contribution >= 0.6 is 0 Å². The van der Waals surface area contributed by atoms with Gasteiger partial charge in [0, 0.05) is 17.5 Å². The van der Waals surface area contributed by atoms with Gasteiger partial charge in [0.2, 0.25) is 17.6 Å². The second-order valence-corrected chi connectivity index (χ2v) is 12.2. The summed E-state index contributed by atoms with van der Waals surface area (Å²) in [5, 5.41) is 14.3. The van der Waals surface area contributed by atoms with Crippen LogP contribution in [0.5, 0.6) is 5.75 Å². The van der Waals surface area contributed by atoms with Crippen molar-refractivity contribution in [2.45, 2.75) is 116 Å². The molecule has 3 N–H and O–H groups in total. The molecule has 0 saturated heterocycles. The van der Waals surface area contributed by atoms with Crippen LogP contribution in [0.25, 0.3) is 0 Å². The number of carbonyl (C=O) groups excluding carboxylic acids is 3. The molecule has 2 aliphatic rings. The summed E-state index contributed by atoms with van der Waals surface area (Å²) in [5.74, 6) is -7.03. The van der Waals surface area contributed by atoms with E-state index in [1.165, 1.54) is 51.9 Å². The maximum absolute atomic E-state index is 14.1. The number of carboxylic acids is 1. The number of halogens is 3. The molecule has 0 spiro atoms. The number of Topliss-reactive ketones (excluding diaryl/α,β-unsaturated/α-hetero) is 1. The van der Waals surface area contributed by atoms with Crippen molar-refractivity contribution in [1.82, 2.24) is 10.6 Å². The smallest absolute Gasteiger partial charge is 0.305 e. The monoisotopic (exact) mass is 610 g/mol. The predicted molar refractivity (Wildman–Crippen MR) is 154 cm³/mol. The van der Waals surface area contributed by atoms with E-state index in [2.05, 4.69) is 10.6 Å². The highest BCUT2D eigenvalue weighted by atomic mass is 19.2. The van der Waals surface area contributed by atoms with E-state index in [0.29, 0.717) is 12.0 Å². The summed E-state index contributed by atoms with van der Waals surface area (Å²) in [7, 11) is 0. The van der Waals surface area contributed by atoms with Gasteiger partial charge >= 0.3 is 5.97 Å². The second kappa shape index (κ2) is 16.7. The molecule has 11 heteroatoms. The van der Waals surface area contributed by atoms with E-state index >= 15 is 0 Å². The number of aliphatic carboxylic acids is 1. The summed E-state index contributed by atoms with van der Waals surface area (Å²) in [4.78, 5) is 50.0. The molecule has 1 unspecified atom stereocenters. The lowest BCUT2D eigenvalue weighted by Gasteiger charge is -2.32. The number of ether oxygens (including phenoxy) is 1. The lowest BCUT2D eigenvalue weighted by molar-refractivity contribution is -0.141. The van der Waals surface area contributed by atoms with Crippen LogP contribution in [0, 0.1) is 42.1 Å². The van der Waals surface area contributed by atoms with Crippen molar-refractivity contribution >= 4 is 23.6 Å². The van der Waals surface area contributed by atoms with Gasteiger partial charge < -0.3 is 20.5 Å². The van der Waals surface area contributed by atoms with Crippen molar-refractivity contribution in [3.8, 4) is 5.75 Å². The standard InChI is InChI=1S/C32H45F3N2O6/c1-19-24(33)16-25(34)29(35)30(19)43-18-27(38)26(17-28(39)40)37-31(41)20(2)36-32(42)23-14-8-12-22(13-9-15-23)21-10-6-4-3-5-7-11-21/h16,20-23,26H,3-15,17-18H2,1-2H3,(H,36,42)(H,37,41)(H,39,40)/t20-,22?,23?,26?/m0/s1. The lowest BCUT2D eigenvalue weighted by atomic mass is 9.74. The highest BCUT2D eigenvalue weighted by Crippen LogP contribution is 2.37. The van der Waals surface area contributed by atoms with Gasteiger partial charge in [-0.05, 0) is 38.5 Å². The second-order valence-electron chi connectivity index (χ2n) is 12.2. The van der Waals surface area contributed by atoms with Crippen molar-refractivity contribution in [3.63, 3.8) is 0 Å². The number of ketones is 1. The van der Waals surface area contributed by atoms with Crippen LogP contribution in [0.1, 0.15) is 102 Å². The fraction of sp³-hybridized carbons (Fsp3) is 0.688. The average Bonchev–Trinajstić information content (AvgIpc) is 2.91. The first-order valence-corrected chi connectivity index (χ1v) is 15.6. The summed E-state index contributed by atoms with van der Waals surface area (Å²) in [6.07, 6.45) is 14.0. The highest BCUT2D eigenvalue weighted by molar-refractivity contribution is 5.95. The van der Waals surface area contributed by atoms with Gasteiger partial charge in [-0.15, -0.1) is 0 Å². The molecule has 2 fully saturated rings. The molecule has 0 heterocycles. The molecule has 0 aliphatic heterocycles. The SMILES string of the molecule is Cc1c(F)cc(F)c(F)c1OCC(=O)C(CC(=O)O)NC(=O)[C@H](C)NC(=O)C1CCCC(C2CCCCCCC2)CCC1. The van der Waals surface area contributed by atoms with Gasteiger partial charge in [0.1, 0.15) is 24.5 Å². The topological polar surface area (TPSA) is 122 Å². The summed E-state index contributed by atoms with van der Waals surface area (Å²) in [6, 6.07) is -2.28. The van der Waals surface area contributed by atoms with Crippen molar-refractivity contribution in [1.29, 1.82) is 0 Å². The molecule has 0 aromatic heterocycles. The number of carbonyl (C=O) groups is 4. The third-order valence-electron chi connectivity index (χ3n) is 9.00. The summed E-state index contributed by atoms with van der Waals surface area (Å²) in [6.45, 7) is 1.63. The maximum atomic E-state index is 14.1. The molecular weight excluding hydrogens is 565 g/mol. The molecule has 1 aromatic carbocycles. The van der Waals surface area contributed by atoms with Crippen LogP contribution in [0.4, 0.5) is 13.2 Å². The quantitative estimate of drug-likeness (QED) is 0.274. The third kappa shape index (κ3) is 10.2. The van der Waals surface area contributed by atoms with Gasteiger partial charge in [0.15, 0.2) is 17.3 Å². The molecule has 0 radical (unpaired) electrons. The molecule has 2 aliphatic carbocycles. The van der Waals surface area contributed by atoms with E-state index in [9.17, 15) is 37.5 Å². The molecular formula is C32H45F3N2O6. The van der Waals surface area contributed by atoms with Crippen LogP contribution in [-0.4, -0.2) is 47.4 Å². The summed E-state index contributed by atoms with van der Waals surface area (Å²) in [5.41, 5.74) is -0.369. The van der Waals surface area contributed by atoms with E-state index in [-0.39, 0.29) is 17.4 Å². The Labute approximate surface area is 251 Å². The van der Waals surface area contributed by atoms with Crippen LogP contribution in [-0.2, 0) is 19.2 Å². The molecule has 43 heavy (non-hydrogen) atoms. The van der Waals surface area contributed by atoms with Crippen molar-refractivity contribution in [2.75, 3.05) is 6.61 Å². The number of benzene rings is 1. The van der Waals surface area contributed by atoms with Crippen LogP contribution in [0.2, 0.25) is 0 Å². The van der Waals surface area contributed by atoms with Crippen molar-refractivity contribution < 1.29 is 42.2 Å². The number of amides is 2. The van der Waals surface area contributed by atoms with E-state index in [0.717, 1.165) is 51.4 Å². The zero-order valence-electron chi connectivity index (χ0n) is 25.2. The minimum absolute atomic E-state index is 0.233. The third-order valence-corrected chi connectivity index (χ3v) is 9.00. The number of hydrogen-bond acceptors (Lipinski definition) is 5. The normalized spacial score (nSPS) is 21.7. The number of rotatable bonds is 11. The lowest BCUT2D eigenvalue weighted by Crippen LogP contribution is -2.52. The van der Waals surface area contributed by atoms with Gasteiger partial charge in [-0.3, -0.25) is 19.2 Å². The Balaban J connectivity index is 1.52. The summed E-state index contributed by atoms with van der Waals surface area (Å²) < 4.78 is 46.5. The minimum Gasteiger partial charge on any atom is -0.482 e. The number of carboxylic acid groups (broad SMARTS) is 1. The van der Waals surface area contributed by atoms with E-state index in [4.69, 9.17) is 4.74 Å². The Kier molecular flexibility index (Phi) is 13.3. The molecule has 2 amide bonds. The Morgan fingerprint density at radius 2 is 1.42 bits per heavy atom. The van der Waals surface area contributed by atoms with E-state index in [1.807, 2.05) is 0 Å². The van der Waals surface area contributed by atoms with Crippen LogP contribution in [0.15, 0.2) is 6.07 Å². The fourth-order valence-electron chi connectivity index (χ4n) is 6.43. The molecule has 2 saturated carbocycles. The number of nitrogens with one attached hydrogen (secondary N) is 2. The average molecular weight is 611 g/mol. The first kappa shape index (κ1) is 34.4. The Hall–Kier alpha value is -3.11. The zero-order chi connectivity index (χ0) is 31.5. The highest BCUT2D eigenvalue weighted by Gasteiger charge is 2.30. The Bertz CT molecular complexity index is 1100. The molecule has 240 valence electrons. The largest absolute Gasteiger partial charge is 0.482 e. The van der Waals surface area contributed by atoms with Crippen molar-refractivity contribution in [2.24, 2.45) is 17.8 Å². The van der Waals surface area contributed by atoms with Gasteiger partial charge in [-0.2, -0.15) is 4.39 Å².